The van der Waals surface area contributed by atoms with Crippen molar-refractivity contribution in [3.05, 3.63) is 59.9 Å². The second kappa shape index (κ2) is 8.45. The summed E-state index contributed by atoms with van der Waals surface area (Å²) >= 11 is 0. The predicted octanol–water partition coefficient (Wildman–Crippen LogP) is 3.30. The van der Waals surface area contributed by atoms with Gasteiger partial charge in [-0.15, -0.1) is 0 Å². The van der Waals surface area contributed by atoms with Gasteiger partial charge in [0.25, 0.3) is 0 Å². The van der Waals surface area contributed by atoms with E-state index in [2.05, 4.69) is 5.32 Å². The minimum absolute atomic E-state index is 0.176. The van der Waals surface area contributed by atoms with Crippen LogP contribution in [0.2, 0.25) is 0 Å². The molecule has 2 aromatic carbocycles. The number of ether oxygens (including phenoxy) is 1. The topological polar surface area (TPSA) is 75.7 Å². The minimum Gasteiger partial charge on any atom is -0.379 e. The molecule has 2 aliphatic rings. The van der Waals surface area contributed by atoms with Crippen molar-refractivity contribution < 1.29 is 22.3 Å². The lowest BCUT2D eigenvalue weighted by Crippen LogP contribution is -2.41. The Bertz CT molecular complexity index is 1010. The third kappa shape index (κ3) is 3.87. The molecule has 30 heavy (non-hydrogen) atoms. The molecular formula is C22H25FN2O4S. The maximum atomic E-state index is 14.4. The van der Waals surface area contributed by atoms with Gasteiger partial charge in [-0.2, -0.15) is 4.31 Å². The maximum Gasteiger partial charge on any atom is 0.246 e. The Labute approximate surface area is 176 Å². The number of carbonyl (C=O) groups excluding carboxylic acids is 1. The lowest BCUT2D eigenvalue weighted by Gasteiger charge is -2.29. The predicted molar refractivity (Wildman–Crippen MR) is 111 cm³/mol. The van der Waals surface area contributed by atoms with E-state index in [1.165, 1.54) is 16.4 Å². The summed E-state index contributed by atoms with van der Waals surface area (Å²) < 4.78 is 46.7. The largest absolute Gasteiger partial charge is 0.379 e. The van der Waals surface area contributed by atoms with E-state index in [-0.39, 0.29) is 37.9 Å². The third-order valence-electron chi connectivity index (χ3n) is 6.00. The van der Waals surface area contributed by atoms with E-state index in [4.69, 9.17) is 4.74 Å². The van der Waals surface area contributed by atoms with E-state index in [1.807, 2.05) is 30.3 Å². The summed E-state index contributed by atoms with van der Waals surface area (Å²) in [5.74, 6) is -1.02. The summed E-state index contributed by atoms with van der Waals surface area (Å²) in [6.45, 7) is 0.901. The zero-order valence-electron chi connectivity index (χ0n) is 16.6. The molecule has 1 aliphatic heterocycles. The van der Waals surface area contributed by atoms with Crippen LogP contribution in [-0.2, 0) is 25.0 Å². The fourth-order valence-corrected chi connectivity index (χ4v) is 5.84. The molecule has 1 saturated carbocycles. The first kappa shape index (κ1) is 21.0. The van der Waals surface area contributed by atoms with Gasteiger partial charge in [0.05, 0.1) is 18.6 Å². The molecule has 2 fully saturated rings. The van der Waals surface area contributed by atoms with E-state index in [9.17, 15) is 17.6 Å². The molecule has 1 saturated heterocycles. The van der Waals surface area contributed by atoms with Crippen LogP contribution in [0.1, 0.15) is 31.2 Å². The lowest BCUT2D eigenvalue weighted by atomic mass is 9.78. The minimum atomic E-state index is -4.01. The van der Waals surface area contributed by atoms with Crippen LogP contribution in [0.15, 0.2) is 53.4 Å². The van der Waals surface area contributed by atoms with Gasteiger partial charge in [-0.05, 0) is 36.6 Å². The van der Waals surface area contributed by atoms with E-state index in [0.29, 0.717) is 0 Å². The number of carbonyl (C=O) groups is 1. The fraction of sp³-hybridized carbons (Fsp3) is 0.409. The number of hydrogen-bond donors (Lipinski definition) is 1. The van der Waals surface area contributed by atoms with Crippen molar-refractivity contribution in [1.82, 2.24) is 4.31 Å². The summed E-state index contributed by atoms with van der Waals surface area (Å²) in [4.78, 5) is 12.9. The van der Waals surface area contributed by atoms with Crippen LogP contribution >= 0.6 is 0 Å². The zero-order valence-corrected chi connectivity index (χ0v) is 17.5. The molecule has 0 spiro atoms. The van der Waals surface area contributed by atoms with Crippen molar-refractivity contribution in [3.63, 3.8) is 0 Å². The summed E-state index contributed by atoms with van der Waals surface area (Å²) in [5, 5.41) is 2.85. The van der Waals surface area contributed by atoms with Gasteiger partial charge < -0.3 is 10.1 Å². The number of nitrogens with one attached hydrogen (secondary N) is 1. The van der Waals surface area contributed by atoms with Crippen LogP contribution in [0.3, 0.4) is 0 Å². The molecule has 0 atom stereocenters. The molecule has 1 heterocycles. The average molecular weight is 433 g/mol. The highest BCUT2D eigenvalue weighted by Gasteiger charge is 2.42. The number of hydrogen-bond acceptors (Lipinski definition) is 4. The van der Waals surface area contributed by atoms with Gasteiger partial charge in [-0.1, -0.05) is 43.2 Å². The van der Waals surface area contributed by atoms with Crippen LogP contribution in [0.4, 0.5) is 10.1 Å². The Hall–Kier alpha value is -2.29. The molecule has 1 aliphatic carbocycles. The Morgan fingerprint density at radius 1 is 1.03 bits per heavy atom. The van der Waals surface area contributed by atoms with Crippen LogP contribution in [0.25, 0.3) is 0 Å². The molecule has 0 radical (unpaired) electrons. The first-order valence-corrected chi connectivity index (χ1v) is 11.6. The second-order valence-electron chi connectivity index (χ2n) is 7.77. The summed E-state index contributed by atoms with van der Waals surface area (Å²) in [6.07, 6.45) is 3.34. The van der Waals surface area contributed by atoms with Crippen molar-refractivity contribution in [2.75, 3.05) is 31.6 Å². The molecule has 6 nitrogen and oxygen atoms in total. The Balaban J connectivity index is 1.62. The number of amides is 1. The van der Waals surface area contributed by atoms with Gasteiger partial charge in [-0.25, -0.2) is 12.8 Å². The molecule has 8 heteroatoms. The maximum absolute atomic E-state index is 14.4. The van der Waals surface area contributed by atoms with Crippen molar-refractivity contribution >= 4 is 21.6 Å². The zero-order chi connectivity index (χ0) is 21.2. The standard InChI is InChI=1S/C22H25FN2O4S/c23-19-9-8-18(16-20(19)30(27,28)25-12-14-29-15-13-25)24-21(26)22(10-4-5-11-22)17-6-2-1-3-7-17/h1-3,6-9,16H,4-5,10-15H2,(H,24,26). The molecule has 160 valence electrons. The smallest absolute Gasteiger partial charge is 0.246 e. The lowest BCUT2D eigenvalue weighted by molar-refractivity contribution is -0.121. The molecule has 0 aromatic heterocycles. The molecule has 1 N–H and O–H groups in total. The van der Waals surface area contributed by atoms with Crippen molar-refractivity contribution in [2.24, 2.45) is 0 Å². The first-order chi connectivity index (χ1) is 14.4. The van der Waals surface area contributed by atoms with Gasteiger partial charge >= 0.3 is 0 Å². The highest BCUT2D eigenvalue weighted by molar-refractivity contribution is 7.89. The molecule has 1 amide bonds. The van der Waals surface area contributed by atoms with E-state index in [0.717, 1.165) is 37.3 Å². The number of halogens is 1. The van der Waals surface area contributed by atoms with E-state index >= 15 is 0 Å². The van der Waals surface area contributed by atoms with Gasteiger partial charge in [0.2, 0.25) is 15.9 Å². The van der Waals surface area contributed by atoms with Crippen molar-refractivity contribution in [1.29, 1.82) is 0 Å². The molecule has 0 bridgehead atoms. The molecular weight excluding hydrogens is 407 g/mol. The summed E-state index contributed by atoms with van der Waals surface area (Å²) in [5.41, 5.74) is 0.567. The number of nitrogens with zero attached hydrogens (tertiary/aromatic N) is 1. The number of benzene rings is 2. The number of rotatable bonds is 5. The van der Waals surface area contributed by atoms with Crippen molar-refractivity contribution in [3.8, 4) is 0 Å². The quantitative estimate of drug-likeness (QED) is 0.787. The number of anilines is 1. The van der Waals surface area contributed by atoms with Gasteiger partial charge in [0, 0.05) is 18.8 Å². The Morgan fingerprint density at radius 3 is 2.37 bits per heavy atom. The molecule has 0 unspecified atom stereocenters. The fourth-order valence-electron chi connectivity index (χ4n) is 4.34. The Morgan fingerprint density at radius 2 is 1.70 bits per heavy atom. The van der Waals surface area contributed by atoms with Gasteiger partial charge in [-0.3, -0.25) is 4.79 Å². The SMILES string of the molecule is O=C(Nc1ccc(F)c(S(=O)(=O)N2CCOCC2)c1)C1(c2ccccc2)CCCC1. The highest BCUT2D eigenvalue weighted by Crippen LogP contribution is 2.42. The summed E-state index contributed by atoms with van der Waals surface area (Å²) in [7, 11) is -4.01. The van der Waals surface area contributed by atoms with Crippen molar-refractivity contribution in [2.45, 2.75) is 36.0 Å². The highest BCUT2D eigenvalue weighted by atomic mass is 32.2. The van der Waals surface area contributed by atoms with Crippen LogP contribution in [0, 0.1) is 5.82 Å². The second-order valence-corrected chi connectivity index (χ2v) is 9.68. The van der Waals surface area contributed by atoms with E-state index < -0.39 is 26.2 Å². The average Bonchev–Trinajstić information content (AvgIpc) is 3.27. The van der Waals surface area contributed by atoms with Crippen LogP contribution < -0.4 is 5.32 Å². The normalized spacial score (nSPS) is 19.5. The third-order valence-corrected chi connectivity index (χ3v) is 7.91. The van der Waals surface area contributed by atoms with Crippen LogP contribution in [0.5, 0.6) is 0 Å². The van der Waals surface area contributed by atoms with Gasteiger partial charge in [0.1, 0.15) is 10.7 Å². The van der Waals surface area contributed by atoms with E-state index in [1.54, 1.807) is 0 Å². The number of sulfonamides is 1. The first-order valence-electron chi connectivity index (χ1n) is 10.2. The Kier molecular flexibility index (Phi) is 5.90. The molecule has 2 aromatic rings. The van der Waals surface area contributed by atoms with Gasteiger partial charge in [0.15, 0.2) is 0 Å². The summed E-state index contributed by atoms with van der Waals surface area (Å²) in [6, 6.07) is 13.3. The van der Waals surface area contributed by atoms with Crippen LogP contribution in [-0.4, -0.2) is 44.9 Å². The number of morpholine rings is 1. The molecule has 4 rings (SSSR count). The monoisotopic (exact) mass is 432 g/mol.